The Morgan fingerprint density at radius 3 is 2.88 bits per heavy atom. The van der Waals surface area contributed by atoms with Crippen molar-refractivity contribution in [1.82, 2.24) is 19.2 Å². The van der Waals surface area contributed by atoms with E-state index in [0.29, 0.717) is 33.8 Å². The first-order valence-corrected chi connectivity index (χ1v) is 10.1. The summed E-state index contributed by atoms with van der Waals surface area (Å²) in [7, 11) is 0. The zero-order valence-electron chi connectivity index (χ0n) is 14.3. The van der Waals surface area contributed by atoms with E-state index in [-0.39, 0.29) is 11.4 Å². The summed E-state index contributed by atoms with van der Waals surface area (Å²) in [5.74, 6) is 1.19. The van der Waals surface area contributed by atoms with Crippen molar-refractivity contribution in [3.05, 3.63) is 57.4 Å². The molecule has 0 aliphatic heterocycles. The third kappa shape index (κ3) is 3.03. The van der Waals surface area contributed by atoms with Gasteiger partial charge in [-0.2, -0.15) is 0 Å². The van der Waals surface area contributed by atoms with Crippen LogP contribution in [0.2, 0.25) is 0 Å². The first kappa shape index (κ1) is 17.2. The summed E-state index contributed by atoms with van der Waals surface area (Å²) in [5.41, 5.74) is 1.68. The highest BCUT2D eigenvalue weighted by Crippen LogP contribution is 2.26. The van der Waals surface area contributed by atoms with E-state index in [4.69, 9.17) is 0 Å². The highest BCUT2D eigenvalue weighted by atomic mass is 32.2. The van der Waals surface area contributed by atoms with Gasteiger partial charge in [-0.25, -0.2) is 4.39 Å². The molecule has 0 saturated carbocycles. The maximum atomic E-state index is 13.4. The van der Waals surface area contributed by atoms with Crippen LogP contribution in [0.3, 0.4) is 0 Å². The van der Waals surface area contributed by atoms with Gasteiger partial charge in [0.2, 0.25) is 5.78 Å². The summed E-state index contributed by atoms with van der Waals surface area (Å²) in [6.07, 6.45) is 0. The van der Waals surface area contributed by atoms with Gasteiger partial charge in [-0.15, -0.1) is 21.5 Å². The van der Waals surface area contributed by atoms with Gasteiger partial charge in [-0.1, -0.05) is 37.7 Å². The molecule has 5 nitrogen and oxygen atoms in total. The second-order valence-electron chi connectivity index (χ2n) is 6.48. The van der Waals surface area contributed by atoms with E-state index >= 15 is 0 Å². The summed E-state index contributed by atoms with van der Waals surface area (Å²) in [4.78, 5) is 12.8. The Kier molecular flexibility index (Phi) is 4.54. The van der Waals surface area contributed by atoms with Crippen molar-refractivity contribution in [2.45, 2.75) is 31.3 Å². The van der Waals surface area contributed by atoms with Crippen molar-refractivity contribution < 1.29 is 4.39 Å². The van der Waals surface area contributed by atoms with Gasteiger partial charge in [0, 0.05) is 12.3 Å². The van der Waals surface area contributed by atoms with Crippen molar-refractivity contribution in [3.63, 3.8) is 0 Å². The van der Waals surface area contributed by atoms with Crippen LogP contribution >= 0.6 is 23.1 Å². The van der Waals surface area contributed by atoms with E-state index in [1.807, 2.05) is 21.9 Å². The van der Waals surface area contributed by atoms with Crippen molar-refractivity contribution in [2.75, 3.05) is 0 Å². The van der Waals surface area contributed by atoms with Gasteiger partial charge in [0.1, 0.15) is 10.5 Å². The minimum absolute atomic E-state index is 0.0229. The molecular formula is C18H17FN4OS2. The van der Waals surface area contributed by atoms with Gasteiger partial charge in [0.15, 0.2) is 5.16 Å². The van der Waals surface area contributed by atoms with E-state index in [1.54, 1.807) is 10.6 Å². The summed E-state index contributed by atoms with van der Waals surface area (Å²) in [6.45, 7) is 4.72. The molecule has 0 atom stereocenters. The molecule has 0 saturated heterocycles. The van der Waals surface area contributed by atoms with Gasteiger partial charge >= 0.3 is 0 Å². The van der Waals surface area contributed by atoms with Crippen LogP contribution in [0, 0.1) is 11.7 Å². The normalized spacial score (nSPS) is 11.8. The molecule has 3 heterocycles. The van der Waals surface area contributed by atoms with Crippen molar-refractivity contribution >= 4 is 39.1 Å². The van der Waals surface area contributed by atoms with Crippen LogP contribution in [-0.4, -0.2) is 19.2 Å². The van der Waals surface area contributed by atoms with Gasteiger partial charge in [-0.3, -0.25) is 13.8 Å². The number of hydrogen-bond acceptors (Lipinski definition) is 5. The number of benzene rings is 1. The number of aromatic nitrogens is 4. The second-order valence-corrected chi connectivity index (χ2v) is 8.34. The largest absolute Gasteiger partial charge is 0.275 e. The monoisotopic (exact) mass is 388 g/mol. The number of hydrogen-bond donors (Lipinski definition) is 0. The Hall–Kier alpha value is -2.19. The SMILES string of the molecule is CC(C)Cn1c(=O)c2sccc2n2c(SCc3cccc(F)c3)nnc12. The van der Waals surface area contributed by atoms with Gasteiger partial charge < -0.3 is 0 Å². The van der Waals surface area contributed by atoms with Crippen LogP contribution < -0.4 is 5.56 Å². The van der Waals surface area contributed by atoms with Crippen molar-refractivity contribution in [2.24, 2.45) is 5.92 Å². The maximum Gasteiger partial charge on any atom is 0.272 e. The molecule has 0 unspecified atom stereocenters. The van der Waals surface area contributed by atoms with E-state index in [1.165, 1.54) is 35.2 Å². The molecule has 0 bridgehead atoms. The molecule has 4 aromatic rings. The van der Waals surface area contributed by atoms with Gasteiger partial charge in [-0.05, 0) is 35.1 Å². The predicted octanol–water partition coefficient (Wildman–Crippen LogP) is 4.19. The molecule has 3 aromatic heterocycles. The van der Waals surface area contributed by atoms with Crippen LogP contribution in [0.5, 0.6) is 0 Å². The summed E-state index contributed by atoms with van der Waals surface area (Å²) in [5, 5.41) is 11.2. The topological polar surface area (TPSA) is 52.2 Å². The van der Waals surface area contributed by atoms with Gasteiger partial charge in [0.05, 0.1) is 5.52 Å². The van der Waals surface area contributed by atoms with Crippen molar-refractivity contribution in [3.8, 4) is 0 Å². The van der Waals surface area contributed by atoms with E-state index in [2.05, 4.69) is 24.0 Å². The van der Waals surface area contributed by atoms with Crippen LogP contribution in [0.1, 0.15) is 19.4 Å². The summed E-state index contributed by atoms with van der Waals surface area (Å²) < 4.78 is 17.7. The minimum atomic E-state index is -0.250. The fourth-order valence-corrected chi connectivity index (χ4v) is 4.60. The number of thioether (sulfide) groups is 1. The van der Waals surface area contributed by atoms with Crippen molar-refractivity contribution in [1.29, 1.82) is 0 Å². The zero-order valence-corrected chi connectivity index (χ0v) is 16.0. The van der Waals surface area contributed by atoms with E-state index in [0.717, 1.165) is 11.1 Å². The maximum absolute atomic E-state index is 13.4. The summed E-state index contributed by atoms with van der Waals surface area (Å²) >= 11 is 2.91. The van der Waals surface area contributed by atoms with Crippen LogP contribution in [-0.2, 0) is 12.3 Å². The molecule has 0 aliphatic carbocycles. The Morgan fingerprint density at radius 2 is 2.12 bits per heavy atom. The fraction of sp³-hybridized carbons (Fsp3) is 0.278. The predicted molar refractivity (Wildman–Crippen MR) is 103 cm³/mol. The fourth-order valence-electron chi connectivity index (χ4n) is 2.90. The number of nitrogens with zero attached hydrogens (tertiary/aromatic N) is 4. The molecule has 26 heavy (non-hydrogen) atoms. The zero-order chi connectivity index (χ0) is 18.3. The quantitative estimate of drug-likeness (QED) is 0.481. The first-order chi connectivity index (χ1) is 12.5. The van der Waals surface area contributed by atoms with Gasteiger partial charge in [0.25, 0.3) is 5.56 Å². The van der Waals surface area contributed by atoms with Crippen LogP contribution in [0.15, 0.2) is 45.7 Å². The molecule has 0 radical (unpaired) electrons. The molecule has 0 fully saturated rings. The molecule has 0 N–H and O–H groups in total. The van der Waals surface area contributed by atoms with E-state index in [9.17, 15) is 9.18 Å². The Balaban J connectivity index is 1.81. The number of thiophene rings is 1. The highest BCUT2D eigenvalue weighted by molar-refractivity contribution is 7.98. The molecule has 0 spiro atoms. The van der Waals surface area contributed by atoms with Crippen LogP contribution in [0.25, 0.3) is 16.0 Å². The molecule has 4 rings (SSSR count). The highest BCUT2D eigenvalue weighted by Gasteiger charge is 2.18. The lowest BCUT2D eigenvalue weighted by atomic mass is 10.2. The second kappa shape index (κ2) is 6.85. The molecule has 0 aliphatic rings. The number of fused-ring (bicyclic) bond motifs is 3. The molecule has 134 valence electrons. The lowest BCUT2D eigenvalue weighted by Crippen LogP contribution is -2.24. The average Bonchev–Trinajstić information content (AvgIpc) is 3.23. The Labute approximate surface area is 157 Å². The number of rotatable bonds is 5. The summed E-state index contributed by atoms with van der Waals surface area (Å²) in [6, 6.07) is 8.45. The first-order valence-electron chi connectivity index (χ1n) is 8.27. The standard InChI is InChI=1S/C18H17FN4OS2/c1-11(2)9-22-16(24)15-14(6-7-25-15)23-17(22)20-21-18(23)26-10-12-4-3-5-13(19)8-12/h3-8,11H,9-10H2,1-2H3. The molecule has 0 amide bonds. The van der Waals surface area contributed by atoms with E-state index < -0.39 is 0 Å². The smallest absolute Gasteiger partial charge is 0.272 e. The lowest BCUT2D eigenvalue weighted by molar-refractivity contribution is 0.517. The molecular weight excluding hydrogens is 371 g/mol. The molecule has 1 aromatic carbocycles. The Morgan fingerprint density at radius 1 is 1.27 bits per heavy atom. The Bertz CT molecular complexity index is 1150. The third-order valence-corrected chi connectivity index (χ3v) is 5.88. The lowest BCUT2D eigenvalue weighted by Gasteiger charge is -2.11. The van der Waals surface area contributed by atoms with Crippen LogP contribution in [0.4, 0.5) is 4.39 Å². The average molecular weight is 388 g/mol. The third-order valence-electron chi connectivity index (χ3n) is 3.99. The molecule has 8 heteroatoms. The minimum Gasteiger partial charge on any atom is -0.275 e. The number of halogens is 1.